The summed E-state index contributed by atoms with van der Waals surface area (Å²) in [7, 11) is 0. The SMILES string of the molecule is c1ccc(-n2c3ccccc3c3cc(-c4cc5ccccc5c5c4-c4ccccc4C5(c4ccccc4)c4ccccc4)ccc32)cc1. The van der Waals surface area contributed by atoms with Crippen molar-refractivity contribution in [1.29, 1.82) is 0 Å². The van der Waals surface area contributed by atoms with E-state index in [1.54, 1.807) is 0 Å². The maximum Gasteiger partial charge on any atom is 0.0719 e. The third-order valence-electron chi connectivity index (χ3n) is 10.4. The highest BCUT2D eigenvalue weighted by Gasteiger charge is 2.48. The van der Waals surface area contributed by atoms with Gasteiger partial charge in [0.1, 0.15) is 0 Å². The van der Waals surface area contributed by atoms with Crippen LogP contribution in [0.4, 0.5) is 0 Å². The molecular formula is C47H31N. The van der Waals surface area contributed by atoms with E-state index in [1.165, 1.54) is 82.8 Å². The van der Waals surface area contributed by atoms with Gasteiger partial charge in [0.05, 0.1) is 16.4 Å². The summed E-state index contributed by atoms with van der Waals surface area (Å²) in [5.41, 5.74) is 13.5. The third kappa shape index (κ3) is 3.67. The summed E-state index contributed by atoms with van der Waals surface area (Å²) in [6.07, 6.45) is 0. The topological polar surface area (TPSA) is 4.93 Å². The lowest BCUT2D eigenvalue weighted by Gasteiger charge is -2.35. The lowest BCUT2D eigenvalue weighted by Crippen LogP contribution is -2.28. The summed E-state index contributed by atoms with van der Waals surface area (Å²) in [5.74, 6) is 0. The Labute approximate surface area is 280 Å². The molecule has 1 nitrogen and oxygen atoms in total. The largest absolute Gasteiger partial charge is 0.309 e. The summed E-state index contributed by atoms with van der Waals surface area (Å²) < 4.78 is 2.39. The molecule has 8 aromatic carbocycles. The first-order valence-corrected chi connectivity index (χ1v) is 16.7. The first-order valence-electron chi connectivity index (χ1n) is 16.7. The predicted octanol–water partition coefficient (Wildman–Crippen LogP) is 12.0. The van der Waals surface area contributed by atoms with Gasteiger partial charge in [0.2, 0.25) is 0 Å². The molecule has 0 N–H and O–H groups in total. The van der Waals surface area contributed by atoms with E-state index in [2.05, 4.69) is 193 Å². The Bertz CT molecular complexity index is 2610. The Hall–Kier alpha value is -6.18. The second-order valence-corrected chi connectivity index (χ2v) is 12.8. The molecule has 224 valence electrons. The average molecular weight is 610 g/mol. The minimum absolute atomic E-state index is 0.475. The normalized spacial score (nSPS) is 13.2. The molecule has 48 heavy (non-hydrogen) atoms. The van der Waals surface area contributed by atoms with Gasteiger partial charge in [-0.15, -0.1) is 0 Å². The zero-order valence-corrected chi connectivity index (χ0v) is 26.3. The van der Waals surface area contributed by atoms with Crippen molar-refractivity contribution in [1.82, 2.24) is 4.57 Å². The lowest BCUT2D eigenvalue weighted by atomic mass is 9.66. The minimum Gasteiger partial charge on any atom is -0.309 e. The molecule has 1 aliphatic carbocycles. The molecule has 1 heteroatoms. The Morgan fingerprint density at radius 1 is 0.396 bits per heavy atom. The van der Waals surface area contributed by atoms with E-state index in [1.807, 2.05) is 0 Å². The number of para-hydroxylation sites is 2. The van der Waals surface area contributed by atoms with Crippen molar-refractivity contribution in [3.63, 3.8) is 0 Å². The lowest BCUT2D eigenvalue weighted by molar-refractivity contribution is 0.775. The van der Waals surface area contributed by atoms with Crippen molar-refractivity contribution in [3.05, 3.63) is 210 Å². The van der Waals surface area contributed by atoms with Crippen LogP contribution in [-0.4, -0.2) is 4.57 Å². The zero-order valence-electron chi connectivity index (χ0n) is 26.3. The van der Waals surface area contributed by atoms with Crippen LogP contribution in [0.3, 0.4) is 0 Å². The van der Waals surface area contributed by atoms with Gasteiger partial charge in [-0.1, -0.05) is 152 Å². The monoisotopic (exact) mass is 609 g/mol. The van der Waals surface area contributed by atoms with Crippen LogP contribution in [0.1, 0.15) is 22.3 Å². The molecule has 9 aromatic rings. The third-order valence-corrected chi connectivity index (χ3v) is 10.4. The Kier molecular flexibility index (Phi) is 5.86. The van der Waals surface area contributed by atoms with Crippen molar-refractivity contribution >= 4 is 32.6 Å². The van der Waals surface area contributed by atoms with E-state index in [-0.39, 0.29) is 0 Å². The Morgan fingerprint density at radius 3 is 1.73 bits per heavy atom. The second-order valence-electron chi connectivity index (χ2n) is 12.8. The fourth-order valence-electron chi connectivity index (χ4n) is 8.55. The number of hydrogen-bond donors (Lipinski definition) is 0. The molecule has 0 fully saturated rings. The second kappa shape index (κ2) is 10.4. The number of rotatable bonds is 4. The summed E-state index contributed by atoms with van der Waals surface area (Å²) in [5, 5.41) is 5.07. The van der Waals surface area contributed by atoms with Crippen molar-refractivity contribution in [3.8, 4) is 27.9 Å². The van der Waals surface area contributed by atoms with E-state index in [0.29, 0.717) is 0 Å². The predicted molar refractivity (Wildman–Crippen MR) is 201 cm³/mol. The maximum atomic E-state index is 2.43. The first-order chi connectivity index (χ1) is 23.8. The fourth-order valence-corrected chi connectivity index (χ4v) is 8.55. The van der Waals surface area contributed by atoms with Crippen LogP contribution in [-0.2, 0) is 5.41 Å². The van der Waals surface area contributed by atoms with Crippen LogP contribution in [0.15, 0.2) is 188 Å². The molecule has 0 aliphatic heterocycles. The number of fused-ring (bicyclic) bond motifs is 8. The van der Waals surface area contributed by atoms with Gasteiger partial charge in [-0.2, -0.15) is 0 Å². The highest BCUT2D eigenvalue weighted by molar-refractivity contribution is 6.12. The molecule has 0 spiro atoms. The minimum atomic E-state index is -0.475. The van der Waals surface area contributed by atoms with Gasteiger partial charge >= 0.3 is 0 Å². The van der Waals surface area contributed by atoms with Crippen LogP contribution in [0.5, 0.6) is 0 Å². The molecule has 1 aromatic heterocycles. The first kappa shape index (κ1) is 27.0. The van der Waals surface area contributed by atoms with E-state index in [0.717, 1.165) is 0 Å². The molecule has 0 radical (unpaired) electrons. The van der Waals surface area contributed by atoms with Crippen molar-refractivity contribution in [2.75, 3.05) is 0 Å². The van der Waals surface area contributed by atoms with Crippen molar-refractivity contribution in [2.45, 2.75) is 5.41 Å². The molecular weight excluding hydrogens is 579 g/mol. The van der Waals surface area contributed by atoms with Gasteiger partial charge in [0.25, 0.3) is 0 Å². The van der Waals surface area contributed by atoms with E-state index < -0.39 is 5.41 Å². The summed E-state index contributed by atoms with van der Waals surface area (Å²) >= 11 is 0. The Balaban J connectivity index is 1.35. The molecule has 0 bridgehead atoms. The molecule has 0 saturated heterocycles. The smallest absolute Gasteiger partial charge is 0.0719 e. The van der Waals surface area contributed by atoms with Crippen LogP contribution in [0.25, 0.3) is 60.5 Å². The van der Waals surface area contributed by atoms with E-state index in [4.69, 9.17) is 0 Å². The standard InChI is InChI=1S/C47H31N/c1-4-17-34(18-5-1)47(35-19-6-2-7-20-35)42-26-14-12-25-39(42)45-40(30-32-16-10-11-23-37(32)46(45)47)33-28-29-44-41(31-33)38-24-13-15-27-43(38)48(44)36-21-8-3-9-22-36/h1-31H. The maximum absolute atomic E-state index is 2.43. The number of aromatic nitrogens is 1. The van der Waals surface area contributed by atoms with Crippen LogP contribution < -0.4 is 0 Å². The molecule has 0 unspecified atom stereocenters. The molecule has 0 saturated carbocycles. The van der Waals surface area contributed by atoms with Crippen LogP contribution in [0, 0.1) is 0 Å². The van der Waals surface area contributed by atoms with Gasteiger partial charge < -0.3 is 4.57 Å². The summed E-state index contributed by atoms with van der Waals surface area (Å²) in [6, 6.07) is 69.3. The molecule has 1 heterocycles. The molecule has 1 aliphatic rings. The molecule has 10 rings (SSSR count). The summed E-state index contributed by atoms with van der Waals surface area (Å²) in [4.78, 5) is 0. The summed E-state index contributed by atoms with van der Waals surface area (Å²) in [6.45, 7) is 0. The van der Waals surface area contributed by atoms with E-state index in [9.17, 15) is 0 Å². The number of nitrogens with zero attached hydrogens (tertiary/aromatic N) is 1. The fraction of sp³-hybridized carbons (Fsp3) is 0.0213. The highest BCUT2D eigenvalue weighted by atomic mass is 15.0. The van der Waals surface area contributed by atoms with Crippen molar-refractivity contribution < 1.29 is 0 Å². The quantitative estimate of drug-likeness (QED) is 0.187. The van der Waals surface area contributed by atoms with Gasteiger partial charge in [-0.05, 0) is 91.7 Å². The van der Waals surface area contributed by atoms with Gasteiger partial charge in [-0.3, -0.25) is 0 Å². The molecule has 0 atom stereocenters. The Morgan fingerprint density at radius 2 is 0.979 bits per heavy atom. The van der Waals surface area contributed by atoms with Crippen molar-refractivity contribution in [2.24, 2.45) is 0 Å². The molecule has 0 amide bonds. The van der Waals surface area contributed by atoms with E-state index >= 15 is 0 Å². The number of hydrogen-bond acceptors (Lipinski definition) is 0. The van der Waals surface area contributed by atoms with Gasteiger partial charge in [0, 0.05) is 16.5 Å². The van der Waals surface area contributed by atoms with Crippen LogP contribution in [0.2, 0.25) is 0 Å². The zero-order chi connectivity index (χ0) is 31.7. The van der Waals surface area contributed by atoms with Gasteiger partial charge in [0.15, 0.2) is 0 Å². The number of benzene rings is 8. The van der Waals surface area contributed by atoms with Gasteiger partial charge in [-0.25, -0.2) is 0 Å². The average Bonchev–Trinajstić information content (AvgIpc) is 3.67. The van der Waals surface area contributed by atoms with Crippen LogP contribution >= 0.6 is 0 Å². The highest BCUT2D eigenvalue weighted by Crippen LogP contribution is 2.60.